The highest BCUT2D eigenvalue weighted by Gasteiger charge is 2.18. The van der Waals surface area contributed by atoms with Gasteiger partial charge in [0.2, 0.25) is 0 Å². The zero-order valence-corrected chi connectivity index (χ0v) is 18.6. The molecule has 0 atom stereocenters. The highest BCUT2D eigenvalue weighted by molar-refractivity contribution is 5.99. The smallest absolute Gasteiger partial charge is 0.254 e. The van der Waals surface area contributed by atoms with E-state index in [1.165, 1.54) is 11.1 Å². The van der Waals surface area contributed by atoms with Crippen molar-refractivity contribution in [2.24, 2.45) is 5.10 Å². The Morgan fingerprint density at radius 2 is 1.34 bits per heavy atom. The highest BCUT2D eigenvalue weighted by atomic mass is 16.2. The molecule has 1 aliphatic rings. The Kier molecular flexibility index (Phi) is 7.43. The van der Waals surface area contributed by atoms with Gasteiger partial charge >= 0.3 is 0 Å². The van der Waals surface area contributed by atoms with Crippen LogP contribution in [0, 0.1) is 0 Å². The van der Waals surface area contributed by atoms with E-state index in [0.29, 0.717) is 6.54 Å². The van der Waals surface area contributed by atoms with Gasteiger partial charge in [-0.05, 0) is 29.2 Å². The largest absolute Gasteiger partial charge is 0.297 e. The van der Waals surface area contributed by atoms with Crippen molar-refractivity contribution >= 4 is 11.6 Å². The molecule has 32 heavy (non-hydrogen) atoms. The SMILES string of the molecule is C/C(=N\NC(=O)CN1CCN(Cc2ccccc2)CC1)c1ccc(-c2ccccc2)cc1. The van der Waals surface area contributed by atoms with Gasteiger partial charge in [0.25, 0.3) is 5.91 Å². The first-order valence-corrected chi connectivity index (χ1v) is 11.1. The minimum Gasteiger partial charge on any atom is -0.297 e. The first-order chi connectivity index (χ1) is 15.7. The lowest BCUT2D eigenvalue weighted by atomic mass is 10.0. The molecule has 1 heterocycles. The number of hydrogen-bond donors (Lipinski definition) is 1. The molecule has 0 radical (unpaired) electrons. The van der Waals surface area contributed by atoms with Crippen LogP contribution in [0.5, 0.6) is 0 Å². The Labute approximate surface area is 190 Å². The number of nitrogens with one attached hydrogen (secondary N) is 1. The number of rotatable bonds is 7. The van der Waals surface area contributed by atoms with E-state index in [2.05, 4.69) is 68.9 Å². The molecule has 1 amide bonds. The Morgan fingerprint density at radius 1 is 0.781 bits per heavy atom. The van der Waals surface area contributed by atoms with Gasteiger partial charge in [0.1, 0.15) is 0 Å². The Balaban J connectivity index is 1.23. The molecule has 5 heteroatoms. The number of hydrogen-bond acceptors (Lipinski definition) is 4. The molecule has 5 nitrogen and oxygen atoms in total. The summed E-state index contributed by atoms with van der Waals surface area (Å²) in [5, 5.41) is 4.31. The number of carbonyl (C=O) groups is 1. The summed E-state index contributed by atoms with van der Waals surface area (Å²) in [6.45, 7) is 6.99. The zero-order valence-electron chi connectivity index (χ0n) is 18.6. The van der Waals surface area contributed by atoms with Gasteiger partial charge < -0.3 is 0 Å². The molecule has 3 aromatic rings. The minimum atomic E-state index is -0.0678. The summed E-state index contributed by atoms with van der Waals surface area (Å²) in [6.07, 6.45) is 0. The number of hydrazone groups is 1. The fourth-order valence-corrected chi connectivity index (χ4v) is 3.93. The van der Waals surface area contributed by atoms with E-state index in [9.17, 15) is 4.79 Å². The molecule has 0 bridgehead atoms. The first-order valence-electron chi connectivity index (χ1n) is 11.1. The molecule has 1 aliphatic heterocycles. The van der Waals surface area contributed by atoms with E-state index in [1.54, 1.807) is 0 Å². The Morgan fingerprint density at radius 3 is 2.00 bits per heavy atom. The van der Waals surface area contributed by atoms with Crippen LogP contribution in [0.4, 0.5) is 0 Å². The highest BCUT2D eigenvalue weighted by Crippen LogP contribution is 2.19. The number of carbonyl (C=O) groups excluding carboxylic acids is 1. The minimum absolute atomic E-state index is 0.0678. The van der Waals surface area contributed by atoms with E-state index in [4.69, 9.17) is 0 Å². The lowest BCUT2D eigenvalue weighted by Crippen LogP contribution is -2.48. The summed E-state index contributed by atoms with van der Waals surface area (Å²) < 4.78 is 0. The van der Waals surface area contributed by atoms with Gasteiger partial charge in [0, 0.05) is 32.7 Å². The molecule has 1 fully saturated rings. The van der Waals surface area contributed by atoms with E-state index in [1.807, 2.05) is 43.3 Å². The third-order valence-corrected chi connectivity index (χ3v) is 5.84. The Bertz CT molecular complexity index is 1020. The second-order valence-corrected chi connectivity index (χ2v) is 8.21. The number of nitrogens with zero attached hydrogens (tertiary/aromatic N) is 3. The van der Waals surface area contributed by atoms with Crippen LogP contribution in [-0.2, 0) is 11.3 Å². The van der Waals surface area contributed by atoms with E-state index in [-0.39, 0.29) is 5.91 Å². The summed E-state index contributed by atoms with van der Waals surface area (Å²) in [6, 6.07) is 29.1. The third kappa shape index (κ3) is 6.13. The van der Waals surface area contributed by atoms with Gasteiger partial charge in [-0.15, -0.1) is 0 Å². The maximum absolute atomic E-state index is 12.4. The van der Waals surface area contributed by atoms with E-state index in [0.717, 1.165) is 49.6 Å². The van der Waals surface area contributed by atoms with Crippen LogP contribution >= 0.6 is 0 Å². The zero-order chi connectivity index (χ0) is 22.2. The van der Waals surface area contributed by atoms with Gasteiger partial charge in [0.15, 0.2) is 0 Å². The van der Waals surface area contributed by atoms with Crippen molar-refractivity contribution in [1.82, 2.24) is 15.2 Å². The van der Waals surface area contributed by atoms with Crippen LogP contribution in [0.3, 0.4) is 0 Å². The molecule has 4 rings (SSSR count). The van der Waals surface area contributed by atoms with Crippen molar-refractivity contribution in [3.63, 3.8) is 0 Å². The van der Waals surface area contributed by atoms with Crippen LogP contribution in [-0.4, -0.2) is 54.1 Å². The molecule has 1 N–H and O–H groups in total. The third-order valence-electron chi connectivity index (χ3n) is 5.84. The first kappa shape index (κ1) is 21.9. The van der Waals surface area contributed by atoms with Crippen LogP contribution in [0.25, 0.3) is 11.1 Å². The maximum atomic E-state index is 12.4. The molecular weight excluding hydrogens is 396 g/mol. The van der Waals surface area contributed by atoms with Crippen molar-refractivity contribution in [2.75, 3.05) is 32.7 Å². The van der Waals surface area contributed by atoms with Crippen molar-refractivity contribution in [3.05, 3.63) is 96.1 Å². The monoisotopic (exact) mass is 426 g/mol. The summed E-state index contributed by atoms with van der Waals surface area (Å²) in [5.41, 5.74) is 8.20. The predicted octanol–water partition coefficient (Wildman–Crippen LogP) is 4.01. The summed E-state index contributed by atoms with van der Waals surface area (Å²) in [4.78, 5) is 17.0. The number of amides is 1. The molecule has 164 valence electrons. The van der Waals surface area contributed by atoms with Crippen molar-refractivity contribution in [3.8, 4) is 11.1 Å². The fourth-order valence-electron chi connectivity index (χ4n) is 3.93. The number of benzene rings is 3. The Hall–Kier alpha value is -3.28. The van der Waals surface area contributed by atoms with E-state index >= 15 is 0 Å². The molecule has 3 aromatic carbocycles. The van der Waals surface area contributed by atoms with Crippen molar-refractivity contribution in [2.45, 2.75) is 13.5 Å². The van der Waals surface area contributed by atoms with E-state index < -0.39 is 0 Å². The van der Waals surface area contributed by atoms with Crippen LogP contribution in [0.1, 0.15) is 18.1 Å². The summed E-state index contributed by atoms with van der Waals surface area (Å²) in [7, 11) is 0. The van der Waals surface area contributed by atoms with Crippen LogP contribution < -0.4 is 5.43 Å². The average molecular weight is 427 g/mol. The molecule has 0 spiro atoms. The van der Waals surface area contributed by atoms with Gasteiger partial charge in [-0.1, -0.05) is 84.9 Å². The normalized spacial score (nSPS) is 15.5. The van der Waals surface area contributed by atoms with Gasteiger partial charge in [-0.25, -0.2) is 5.43 Å². The fraction of sp³-hybridized carbons (Fsp3) is 0.259. The van der Waals surface area contributed by atoms with Crippen molar-refractivity contribution in [1.29, 1.82) is 0 Å². The van der Waals surface area contributed by atoms with Crippen LogP contribution in [0.2, 0.25) is 0 Å². The molecule has 0 unspecified atom stereocenters. The summed E-state index contributed by atoms with van der Waals surface area (Å²) in [5.74, 6) is -0.0678. The summed E-state index contributed by atoms with van der Waals surface area (Å²) >= 11 is 0. The van der Waals surface area contributed by atoms with Crippen molar-refractivity contribution < 1.29 is 4.79 Å². The molecule has 0 saturated carbocycles. The van der Waals surface area contributed by atoms with Crippen LogP contribution in [0.15, 0.2) is 90.0 Å². The molecular formula is C27H30N4O. The topological polar surface area (TPSA) is 47.9 Å². The predicted molar refractivity (Wildman–Crippen MR) is 130 cm³/mol. The molecule has 0 aromatic heterocycles. The average Bonchev–Trinajstić information content (AvgIpc) is 2.85. The molecule has 0 aliphatic carbocycles. The lowest BCUT2D eigenvalue weighted by Gasteiger charge is -2.34. The van der Waals surface area contributed by atoms with Gasteiger partial charge in [-0.3, -0.25) is 14.6 Å². The lowest BCUT2D eigenvalue weighted by molar-refractivity contribution is -0.122. The molecule has 1 saturated heterocycles. The van der Waals surface area contributed by atoms with Gasteiger partial charge in [0.05, 0.1) is 12.3 Å². The number of piperazine rings is 1. The standard InChI is InChI=1S/C27H30N4O/c1-22(24-12-14-26(15-13-24)25-10-6-3-7-11-25)28-29-27(32)21-31-18-16-30(17-19-31)20-23-8-4-2-5-9-23/h2-15H,16-21H2,1H3,(H,29,32)/b28-22+. The van der Waals surface area contributed by atoms with Gasteiger partial charge in [-0.2, -0.15) is 5.10 Å². The second kappa shape index (κ2) is 10.8. The maximum Gasteiger partial charge on any atom is 0.254 e. The second-order valence-electron chi connectivity index (χ2n) is 8.21. The quantitative estimate of drug-likeness (QED) is 0.459.